The zero-order valence-corrected chi connectivity index (χ0v) is 14.4. The molecule has 0 radical (unpaired) electrons. The van der Waals surface area contributed by atoms with Gasteiger partial charge in [-0.05, 0) is 32.9 Å². The third-order valence-electron chi connectivity index (χ3n) is 4.48. The van der Waals surface area contributed by atoms with Crippen molar-refractivity contribution < 1.29 is 4.52 Å². The number of rotatable bonds is 4. The average molecular weight is 341 g/mol. The van der Waals surface area contributed by atoms with E-state index in [1.807, 2.05) is 24.7 Å². The Hall–Kier alpha value is -2.12. The van der Waals surface area contributed by atoms with Crippen LogP contribution >= 0.6 is 11.3 Å². The van der Waals surface area contributed by atoms with Gasteiger partial charge in [0.25, 0.3) is 0 Å². The fourth-order valence-electron chi connectivity index (χ4n) is 3.25. The second-order valence-electron chi connectivity index (χ2n) is 6.18. The van der Waals surface area contributed by atoms with Crippen molar-refractivity contribution >= 4 is 11.3 Å². The van der Waals surface area contributed by atoms with Crippen LogP contribution in [-0.4, -0.2) is 38.1 Å². The van der Waals surface area contributed by atoms with Gasteiger partial charge in [0.1, 0.15) is 6.33 Å². The van der Waals surface area contributed by atoms with Crippen LogP contribution in [0.4, 0.5) is 0 Å². The molecule has 0 aliphatic carbocycles. The Morgan fingerprint density at radius 3 is 2.88 bits per heavy atom. The molecule has 6 nitrogen and oxygen atoms in total. The molecule has 24 heavy (non-hydrogen) atoms. The van der Waals surface area contributed by atoms with E-state index in [0.717, 1.165) is 55.2 Å². The first kappa shape index (κ1) is 15.4. The first-order chi connectivity index (χ1) is 11.8. The highest BCUT2D eigenvalue weighted by molar-refractivity contribution is 7.07. The molecule has 4 rings (SSSR count). The van der Waals surface area contributed by atoms with Crippen LogP contribution in [0.5, 0.6) is 0 Å². The molecule has 0 atom stereocenters. The van der Waals surface area contributed by atoms with Crippen LogP contribution < -0.4 is 0 Å². The summed E-state index contributed by atoms with van der Waals surface area (Å²) in [7, 11) is 0. The average Bonchev–Trinajstić information content (AvgIpc) is 3.27. The molecule has 1 aliphatic rings. The molecular formula is C17H19N5OS. The Morgan fingerprint density at radius 2 is 2.17 bits per heavy atom. The lowest BCUT2D eigenvalue weighted by atomic mass is 9.90. The quantitative estimate of drug-likeness (QED) is 0.725. The number of hydrogen-bond acceptors (Lipinski definition) is 7. The van der Waals surface area contributed by atoms with Crippen LogP contribution in [-0.2, 0) is 6.54 Å². The molecule has 0 unspecified atom stereocenters. The van der Waals surface area contributed by atoms with Crippen molar-refractivity contribution in [1.29, 1.82) is 0 Å². The summed E-state index contributed by atoms with van der Waals surface area (Å²) >= 11 is 1.66. The van der Waals surface area contributed by atoms with Gasteiger partial charge in [-0.15, -0.1) is 11.3 Å². The van der Waals surface area contributed by atoms with Gasteiger partial charge in [-0.1, -0.05) is 5.16 Å². The minimum Gasteiger partial charge on any atom is -0.356 e. The van der Waals surface area contributed by atoms with Crippen LogP contribution in [0.1, 0.15) is 35.8 Å². The lowest BCUT2D eigenvalue weighted by molar-refractivity contribution is 0.201. The number of likely N-dealkylation sites (tertiary alicyclic amines) is 1. The van der Waals surface area contributed by atoms with E-state index in [4.69, 9.17) is 4.52 Å². The molecule has 0 spiro atoms. The summed E-state index contributed by atoms with van der Waals surface area (Å²) in [5.41, 5.74) is 5.98. The van der Waals surface area contributed by atoms with Crippen molar-refractivity contribution in [3.05, 3.63) is 46.6 Å². The van der Waals surface area contributed by atoms with Gasteiger partial charge in [0.05, 0.1) is 28.2 Å². The maximum Gasteiger partial charge on any atom is 0.170 e. The summed E-state index contributed by atoms with van der Waals surface area (Å²) in [4.78, 5) is 15.6. The van der Waals surface area contributed by atoms with E-state index in [2.05, 4.69) is 30.4 Å². The fraction of sp³-hybridized carbons (Fsp3) is 0.412. The van der Waals surface area contributed by atoms with Gasteiger partial charge in [-0.25, -0.2) is 15.0 Å². The van der Waals surface area contributed by atoms with Gasteiger partial charge < -0.3 is 4.52 Å². The van der Waals surface area contributed by atoms with Gasteiger partial charge in [-0.2, -0.15) is 0 Å². The van der Waals surface area contributed by atoms with E-state index in [1.54, 1.807) is 17.7 Å². The highest BCUT2D eigenvalue weighted by Gasteiger charge is 2.25. The molecule has 3 aromatic heterocycles. The summed E-state index contributed by atoms with van der Waals surface area (Å²) in [5, 5.41) is 6.11. The number of thiazole rings is 1. The van der Waals surface area contributed by atoms with Crippen molar-refractivity contribution in [2.45, 2.75) is 32.2 Å². The Labute approximate surface area is 144 Å². The lowest BCUT2D eigenvalue weighted by Gasteiger charge is -2.31. The van der Waals surface area contributed by atoms with Crippen LogP contribution in [0.25, 0.3) is 11.3 Å². The summed E-state index contributed by atoms with van der Waals surface area (Å²) in [6.45, 7) is 4.98. The summed E-state index contributed by atoms with van der Waals surface area (Å²) in [5.74, 6) is 1.19. The lowest BCUT2D eigenvalue weighted by Crippen LogP contribution is -2.33. The zero-order valence-electron chi connectivity index (χ0n) is 13.6. The molecule has 124 valence electrons. The Morgan fingerprint density at radius 1 is 1.29 bits per heavy atom. The largest absolute Gasteiger partial charge is 0.356 e. The normalized spacial score (nSPS) is 16.5. The van der Waals surface area contributed by atoms with Gasteiger partial charge in [0.15, 0.2) is 5.76 Å². The topological polar surface area (TPSA) is 67.9 Å². The molecule has 1 aliphatic heterocycles. The van der Waals surface area contributed by atoms with E-state index in [1.165, 1.54) is 5.69 Å². The van der Waals surface area contributed by atoms with E-state index in [-0.39, 0.29) is 0 Å². The van der Waals surface area contributed by atoms with Crippen molar-refractivity contribution in [1.82, 2.24) is 25.0 Å². The standard InChI is InChI=1S/C17H19N5OS/c1-12-6-16(23-21-12)15-7-18-10-19-17(15)13-2-4-22(5-3-13)8-14-9-24-11-20-14/h6-7,9-11,13H,2-5,8H2,1H3. The maximum atomic E-state index is 5.43. The van der Waals surface area contributed by atoms with Gasteiger partial charge in [0, 0.05) is 30.1 Å². The molecule has 0 amide bonds. The summed E-state index contributed by atoms with van der Waals surface area (Å²) < 4.78 is 5.43. The molecule has 4 heterocycles. The van der Waals surface area contributed by atoms with E-state index in [9.17, 15) is 0 Å². The predicted octanol–water partition coefficient (Wildman–Crippen LogP) is 3.28. The highest BCUT2D eigenvalue weighted by atomic mass is 32.1. The van der Waals surface area contributed by atoms with Gasteiger partial charge >= 0.3 is 0 Å². The maximum absolute atomic E-state index is 5.43. The number of aryl methyl sites for hydroxylation is 1. The Kier molecular flexibility index (Phi) is 4.36. The monoisotopic (exact) mass is 341 g/mol. The molecule has 0 saturated carbocycles. The first-order valence-corrected chi connectivity index (χ1v) is 9.07. The van der Waals surface area contributed by atoms with Crippen LogP contribution in [0.3, 0.4) is 0 Å². The highest BCUT2D eigenvalue weighted by Crippen LogP contribution is 2.33. The number of piperidine rings is 1. The van der Waals surface area contributed by atoms with E-state index in [0.29, 0.717) is 5.92 Å². The molecule has 1 saturated heterocycles. The SMILES string of the molecule is Cc1cc(-c2cncnc2C2CCN(Cc3cscn3)CC2)on1. The van der Waals surface area contributed by atoms with E-state index >= 15 is 0 Å². The summed E-state index contributed by atoms with van der Waals surface area (Å²) in [6, 6.07) is 1.94. The number of hydrogen-bond donors (Lipinski definition) is 0. The summed E-state index contributed by atoms with van der Waals surface area (Å²) in [6.07, 6.45) is 5.64. The van der Waals surface area contributed by atoms with Crippen molar-refractivity contribution in [2.24, 2.45) is 0 Å². The minimum absolute atomic E-state index is 0.431. The van der Waals surface area contributed by atoms with Crippen LogP contribution in [0.15, 0.2) is 34.0 Å². The zero-order chi connectivity index (χ0) is 16.4. The molecule has 3 aromatic rings. The molecule has 0 N–H and O–H groups in total. The molecule has 0 bridgehead atoms. The second kappa shape index (κ2) is 6.78. The Bertz CT molecular complexity index is 793. The second-order valence-corrected chi connectivity index (χ2v) is 6.90. The van der Waals surface area contributed by atoms with Gasteiger partial charge in [0.2, 0.25) is 0 Å². The number of aromatic nitrogens is 4. The molecule has 1 fully saturated rings. The third-order valence-corrected chi connectivity index (χ3v) is 5.12. The number of nitrogens with zero attached hydrogens (tertiary/aromatic N) is 5. The third kappa shape index (κ3) is 3.22. The van der Waals surface area contributed by atoms with Gasteiger partial charge in [-0.3, -0.25) is 4.90 Å². The van der Waals surface area contributed by atoms with Crippen molar-refractivity contribution in [3.8, 4) is 11.3 Å². The smallest absolute Gasteiger partial charge is 0.170 e. The minimum atomic E-state index is 0.431. The van der Waals surface area contributed by atoms with Crippen LogP contribution in [0, 0.1) is 6.92 Å². The predicted molar refractivity (Wildman–Crippen MR) is 91.6 cm³/mol. The van der Waals surface area contributed by atoms with Crippen molar-refractivity contribution in [3.63, 3.8) is 0 Å². The first-order valence-electron chi connectivity index (χ1n) is 8.12. The molecule has 7 heteroatoms. The van der Waals surface area contributed by atoms with Crippen LogP contribution in [0.2, 0.25) is 0 Å². The fourth-order valence-corrected chi connectivity index (χ4v) is 3.80. The van der Waals surface area contributed by atoms with Crippen molar-refractivity contribution in [2.75, 3.05) is 13.1 Å². The molecule has 0 aromatic carbocycles. The Balaban J connectivity index is 1.48. The van der Waals surface area contributed by atoms with E-state index < -0.39 is 0 Å². The molecular weight excluding hydrogens is 322 g/mol.